The number of hydrogen-bond donors (Lipinski definition) is 1. The molecule has 1 fully saturated rings. The zero-order valence-corrected chi connectivity index (χ0v) is 18.3. The van der Waals surface area contributed by atoms with Crippen molar-refractivity contribution in [3.63, 3.8) is 0 Å². The maximum Gasteiger partial charge on any atom is 0.407 e. The molecule has 1 aliphatic heterocycles. The van der Waals surface area contributed by atoms with Gasteiger partial charge in [-0.25, -0.2) is 9.78 Å². The van der Waals surface area contributed by atoms with E-state index in [1.54, 1.807) is 19.4 Å². The van der Waals surface area contributed by atoms with Gasteiger partial charge in [-0.1, -0.05) is 11.6 Å². The van der Waals surface area contributed by atoms with Gasteiger partial charge >= 0.3 is 6.09 Å². The number of nitrogens with zero attached hydrogens (tertiary/aromatic N) is 3. The molecule has 0 spiro atoms. The minimum Gasteiger partial charge on any atom is -0.481 e. The van der Waals surface area contributed by atoms with Crippen molar-refractivity contribution in [2.24, 2.45) is 5.92 Å². The molecule has 1 amide bonds. The number of piperidine rings is 1. The van der Waals surface area contributed by atoms with Gasteiger partial charge in [0.15, 0.2) is 0 Å². The van der Waals surface area contributed by atoms with E-state index in [0.717, 1.165) is 49.1 Å². The maximum atomic E-state index is 11.8. The van der Waals surface area contributed by atoms with Gasteiger partial charge in [0, 0.05) is 31.9 Å². The van der Waals surface area contributed by atoms with Crippen LogP contribution in [0.4, 0.5) is 10.5 Å². The Balaban J connectivity index is 1.58. The molecule has 1 saturated heterocycles. The fourth-order valence-electron chi connectivity index (χ4n) is 3.57. The fourth-order valence-corrected chi connectivity index (χ4v) is 3.82. The zero-order valence-electron chi connectivity index (χ0n) is 17.5. The number of pyridine rings is 2. The lowest BCUT2D eigenvalue weighted by Crippen LogP contribution is -2.37. The van der Waals surface area contributed by atoms with Crippen molar-refractivity contribution in [3.05, 3.63) is 23.4 Å². The molecule has 2 aromatic heterocycles. The van der Waals surface area contributed by atoms with Crippen LogP contribution < -0.4 is 15.0 Å². The summed E-state index contributed by atoms with van der Waals surface area (Å²) in [5.41, 5.74) is 2.01. The van der Waals surface area contributed by atoms with E-state index in [4.69, 9.17) is 21.1 Å². The minimum atomic E-state index is -0.473. The molecule has 8 heteroatoms. The van der Waals surface area contributed by atoms with Gasteiger partial charge in [-0.3, -0.25) is 4.98 Å². The summed E-state index contributed by atoms with van der Waals surface area (Å²) in [7, 11) is 1.60. The standard InChI is InChI=1S/C21H29ClN4O3/c1-21(2,3)29-20(27)23-10-7-14-8-11-26(12-9-14)19-15(22)13-24-16-5-6-17(28-4)25-18(16)19/h5-6,13-14H,7-12H2,1-4H3,(H,23,27). The van der Waals surface area contributed by atoms with Crippen LogP contribution in [0.15, 0.2) is 18.3 Å². The van der Waals surface area contributed by atoms with Gasteiger partial charge in [-0.05, 0) is 52.0 Å². The number of anilines is 1. The molecule has 0 aliphatic carbocycles. The minimum absolute atomic E-state index is 0.356. The fraction of sp³-hybridized carbons (Fsp3) is 0.571. The highest BCUT2D eigenvalue weighted by molar-refractivity contribution is 6.34. The van der Waals surface area contributed by atoms with Crippen LogP contribution in [-0.2, 0) is 4.74 Å². The van der Waals surface area contributed by atoms with Gasteiger partial charge in [0.2, 0.25) is 5.88 Å². The first-order chi connectivity index (χ1) is 13.8. The lowest BCUT2D eigenvalue weighted by Gasteiger charge is -2.34. The van der Waals surface area contributed by atoms with Crippen molar-refractivity contribution in [2.45, 2.75) is 45.6 Å². The Kier molecular flexibility index (Phi) is 6.67. The molecule has 0 bridgehead atoms. The van der Waals surface area contributed by atoms with Crippen molar-refractivity contribution in [1.82, 2.24) is 15.3 Å². The number of fused-ring (bicyclic) bond motifs is 1. The Labute approximate surface area is 176 Å². The number of aromatic nitrogens is 2. The van der Waals surface area contributed by atoms with Gasteiger partial charge < -0.3 is 19.7 Å². The van der Waals surface area contributed by atoms with Crippen molar-refractivity contribution in [3.8, 4) is 5.88 Å². The van der Waals surface area contributed by atoms with Crippen LogP contribution in [0.25, 0.3) is 11.0 Å². The molecule has 0 radical (unpaired) electrons. The Morgan fingerprint density at radius 1 is 1.31 bits per heavy atom. The highest BCUT2D eigenvalue weighted by Crippen LogP contribution is 2.35. The normalized spacial score (nSPS) is 15.4. The number of nitrogens with one attached hydrogen (secondary N) is 1. The molecule has 0 atom stereocenters. The van der Waals surface area contributed by atoms with Crippen LogP contribution in [0.1, 0.15) is 40.0 Å². The lowest BCUT2D eigenvalue weighted by atomic mass is 9.93. The number of hydrogen-bond acceptors (Lipinski definition) is 6. The van der Waals surface area contributed by atoms with Crippen molar-refractivity contribution < 1.29 is 14.3 Å². The van der Waals surface area contributed by atoms with Crippen LogP contribution in [0.5, 0.6) is 5.88 Å². The highest BCUT2D eigenvalue weighted by Gasteiger charge is 2.24. The van der Waals surface area contributed by atoms with E-state index in [-0.39, 0.29) is 6.09 Å². The van der Waals surface area contributed by atoms with E-state index in [2.05, 4.69) is 20.2 Å². The second-order valence-corrected chi connectivity index (χ2v) is 8.73. The molecule has 7 nitrogen and oxygen atoms in total. The summed E-state index contributed by atoms with van der Waals surface area (Å²) in [5, 5.41) is 3.45. The quantitative estimate of drug-likeness (QED) is 0.771. The predicted molar refractivity (Wildman–Crippen MR) is 115 cm³/mol. The summed E-state index contributed by atoms with van der Waals surface area (Å²) in [4.78, 5) is 23.0. The number of amides is 1. The molecule has 3 heterocycles. The Morgan fingerprint density at radius 2 is 2.03 bits per heavy atom. The molecule has 0 unspecified atom stereocenters. The number of methoxy groups -OCH3 is 1. The summed E-state index contributed by atoms with van der Waals surface area (Å²) >= 11 is 6.49. The highest BCUT2D eigenvalue weighted by atomic mass is 35.5. The van der Waals surface area contributed by atoms with Gasteiger partial charge in [0.1, 0.15) is 11.1 Å². The first-order valence-electron chi connectivity index (χ1n) is 9.98. The Morgan fingerprint density at radius 3 is 2.69 bits per heavy atom. The molecule has 1 aliphatic rings. The maximum absolute atomic E-state index is 11.8. The van der Waals surface area contributed by atoms with E-state index >= 15 is 0 Å². The Hall–Kier alpha value is -2.28. The van der Waals surface area contributed by atoms with Crippen molar-refractivity contribution >= 4 is 34.4 Å². The third-order valence-electron chi connectivity index (χ3n) is 4.98. The topological polar surface area (TPSA) is 76.6 Å². The van der Waals surface area contributed by atoms with Crippen molar-refractivity contribution in [1.29, 1.82) is 0 Å². The summed E-state index contributed by atoms with van der Waals surface area (Å²) in [6.07, 6.45) is 4.32. The molecule has 0 aromatic carbocycles. The van der Waals surface area contributed by atoms with Gasteiger partial charge in [-0.2, -0.15) is 0 Å². The predicted octanol–water partition coefficient (Wildman–Crippen LogP) is 4.42. The summed E-state index contributed by atoms with van der Waals surface area (Å²) in [6, 6.07) is 3.70. The first-order valence-corrected chi connectivity index (χ1v) is 10.4. The molecule has 29 heavy (non-hydrogen) atoms. The molecule has 1 N–H and O–H groups in total. The average molecular weight is 421 g/mol. The third kappa shape index (κ3) is 5.63. The molecule has 0 saturated carbocycles. The first kappa shape index (κ1) is 21.4. The number of carbonyl (C=O) groups excluding carboxylic acids is 1. The summed E-state index contributed by atoms with van der Waals surface area (Å²) in [5.74, 6) is 1.10. The number of ether oxygens (including phenoxy) is 2. The molecular formula is C21H29ClN4O3. The Bertz CT molecular complexity index is 861. The van der Waals surface area contributed by atoms with Crippen LogP contribution in [0.2, 0.25) is 5.02 Å². The average Bonchev–Trinajstić information content (AvgIpc) is 2.67. The van der Waals surface area contributed by atoms with Crippen LogP contribution in [0.3, 0.4) is 0 Å². The van der Waals surface area contributed by atoms with Crippen LogP contribution >= 0.6 is 11.6 Å². The second kappa shape index (κ2) is 9.03. The van der Waals surface area contributed by atoms with Gasteiger partial charge in [0.25, 0.3) is 0 Å². The van der Waals surface area contributed by atoms with Crippen LogP contribution in [0, 0.1) is 5.92 Å². The van der Waals surface area contributed by atoms with Gasteiger partial charge in [0.05, 0.1) is 23.3 Å². The van der Waals surface area contributed by atoms with Crippen LogP contribution in [-0.4, -0.2) is 48.4 Å². The van der Waals surface area contributed by atoms with E-state index in [1.807, 2.05) is 26.8 Å². The van der Waals surface area contributed by atoms with E-state index < -0.39 is 5.60 Å². The number of carbonyl (C=O) groups is 1. The van der Waals surface area contributed by atoms with Crippen molar-refractivity contribution in [2.75, 3.05) is 31.6 Å². The van der Waals surface area contributed by atoms with E-state index in [0.29, 0.717) is 23.4 Å². The number of halogens is 1. The summed E-state index contributed by atoms with van der Waals surface area (Å²) in [6.45, 7) is 7.98. The summed E-state index contributed by atoms with van der Waals surface area (Å²) < 4.78 is 10.5. The van der Waals surface area contributed by atoms with Gasteiger partial charge in [-0.15, -0.1) is 0 Å². The monoisotopic (exact) mass is 420 g/mol. The third-order valence-corrected chi connectivity index (χ3v) is 5.25. The molecule has 3 rings (SSSR count). The lowest BCUT2D eigenvalue weighted by molar-refractivity contribution is 0.0524. The number of alkyl carbamates (subject to hydrolysis) is 1. The SMILES string of the molecule is COc1ccc2ncc(Cl)c(N3CCC(CCNC(=O)OC(C)(C)C)CC3)c2n1. The number of rotatable bonds is 5. The van der Waals surface area contributed by atoms with E-state index in [1.165, 1.54) is 0 Å². The largest absolute Gasteiger partial charge is 0.481 e. The zero-order chi connectivity index (χ0) is 21.0. The smallest absolute Gasteiger partial charge is 0.407 e. The molecular weight excluding hydrogens is 392 g/mol. The molecule has 2 aromatic rings. The second-order valence-electron chi connectivity index (χ2n) is 8.32. The van der Waals surface area contributed by atoms with E-state index in [9.17, 15) is 4.79 Å². The molecule has 158 valence electrons.